The maximum Gasteiger partial charge on any atom is 0.250 e. The molecule has 7 heteroatoms. The van der Waals surface area contributed by atoms with Crippen LogP contribution < -0.4 is 5.32 Å². The summed E-state index contributed by atoms with van der Waals surface area (Å²) in [6.45, 7) is -0.141. The third kappa shape index (κ3) is 3.66. The molecule has 0 spiro atoms. The molecule has 1 amide bonds. The minimum atomic E-state index is -1.11. The highest BCUT2D eigenvalue weighted by Gasteiger charge is 2.42. The van der Waals surface area contributed by atoms with Crippen LogP contribution in [0.3, 0.4) is 0 Å². The van der Waals surface area contributed by atoms with Gasteiger partial charge in [0.15, 0.2) is 0 Å². The van der Waals surface area contributed by atoms with Gasteiger partial charge in [0.25, 0.3) is 0 Å². The Hall–Kier alpha value is -3.56. The van der Waals surface area contributed by atoms with Crippen molar-refractivity contribution >= 4 is 34.8 Å². The molecule has 168 valence electrons. The third-order valence-electron chi connectivity index (χ3n) is 6.13. The first kappa shape index (κ1) is 22.2. The van der Waals surface area contributed by atoms with Gasteiger partial charge in [-0.05, 0) is 65.2 Å². The number of halogens is 2. The van der Waals surface area contributed by atoms with Gasteiger partial charge in [0.05, 0.1) is 0 Å². The molecule has 2 heterocycles. The van der Waals surface area contributed by atoms with E-state index in [4.69, 9.17) is 27.9 Å². The predicted molar refractivity (Wildman–Crippen MR) is 133 cm³/mol. The smallest absolute Gasteiger partial charge is 0.250 e. The van der Waals surface area contributed by atoms with Gasteiger partial charge in [-0.3, -0.25) is 4.79 Å². The van der Waals surface area contributed by atoms with E-state index < -0.39 is 5.60 Å². The summed E-state index contributed by atoms with van der Waals surface area (Å²) in [6, 6.07) is 26.5. The van der Waals surface area contributed by atoms with Crippen molar-refractivity contribution in [1.82, 2.24) is 4.57 Å². The number of ether oxygens (including phenoxy) is 1. The second-order valence-corrected chi connectivity index (χ2v) is 8.94. The number of carbonyl (C=O) groups is 1. The van der Waals surface area contributed by atoms with Crippen LogP contribution in [0.25, 0.3) is 11.3 Å². The van der Waals surface area contributed by atoms with Gasteiger partial charge in [-0.1, -0.05) is 53.5 Å². The Kier molecular flexibility index (Phi) is 5.66. The van der Waals surface area contributed by atoms with Crippen LogP contribution in [-0.2, 0) is 22.2 Å². The van der Waals surface area contributed by atoms with Gasteiger partial charge in [-0.25, -0.2) is 0 Å². The molecule has 0 saturated heterocycles. The van der Waals surface area contributed by atoms with E-state index in [1.165, 1.54) is 0 Å². The van der Waals surface area contributed by atoms with E-state index in [0.29, 0.717) is 21.4 Å². The highest BCUT2D eigenvalue weighted by molar-refractivity contribution is 6.30. The third-order valence-corrected chi connectivity index (χ3v) is 6.63. The second kappa shape index (κ2) is 8.66. The van der Waals surface area contributed by atoms with Gasteiger partial charge in [-0.2, -0.15) is 5.26 Å². The molecule has 1 N–H and O–H groups in total. The van der Waals surface area contributed by atoms with Crippen LogP contribution in [0.1, 0.15) is 22.4 Å². The van der Waals surface area contributed by atoms with Gasteiger partial charge in [0.1, 0.15) is 24.0 Å². The number of nitriles is 1. The van der Waals surface area contributed by atoms with Crippen molar-refractivity contribution in [1.29, 1.82) is 5.26 Å². The number of rotatable bonds is 3. The fraction of sp³-hybridized carbons (Fsp3) is 0.111. The Balaban J connectivity index is 1.82. The van der Waals surface area contributed by atoms with Crippen LogP contribution in [-0.4, -0.2) is 17.1 Å². The summed E-state index contributed by atoms with van der Waals surface area (Å²) in [7, 11) is 1.85. The molecule has 0 radical (unpaired) electrons. The van der Waals surface area contributed by atoms with Crippen LogP contribution in [0.2, 0.25) is 10.0 Å². The normalized spacial score (nSPS) is 14.6. The lowest BCUT2D eigenvalue weighted by Gasteiger charge is -2.35. The summed E-state index contributed by atoms with van der Waals surface area (Å²) < 4.78 is 8.31. The Morgan fingerprint density at radius 3 is 2.12 bits per heavy atom. The van der Waals surface area contributed by atoms with Crippen molar-refractivity contribution in [2.75, 3.05) is 11.9 Å². The lowest BCUT2D eigenvalue weighted by Crippen LogP contribution is -2.33. The molecule has 0 atom stereocenters. The van der Waals surface area contributed by atoms with Crippen LogP contribution in [0.5, 0.6) is 0 Å². The summed E-state index contributed by atoms with van der Waals surface area (Å²) in [5.41, 5.74) is 4.24. The van der Waals surface area contributed by atoms with Crippen LogP contribution in [0, 0.1) is 11.3 Å². The van der Waals surface area contributed by atoms with Crippen LogP contribution in [0.15, 0.2) is 78.9 Å². The minimum absolute atomic E-state index is 0.141. The molecule has 34 heavy (non-hydrogen) atoms. The lowest BCUT2D eigenvalue weighted by atomic mass is 9.78. The van der Waals surface area contributed by atoms with E-state index in [0.717, 1.165) is 27.9 Å². The van der Waals surface area contributed by atoms with Crippen molar-refractivity contribution in [3.8, 4) is 17.3 Å². The molecule has 5 nitrogen and oxygen atoms in total. The van der Waals surface area contributed by atoms with Crippen molar-refractivity contribution in [2.45, 2.75) is 5.60 Å². The quantitative estimate of drug-likeness (QED) is 0.377. The molecule has 5 rings (SSSR count). The first-order chi connectivity index (χ1) is 16.4. The van der Waals surface area contributed by atoms with E-state index in [1.54, 1.807) is 30.3 Å². The molecule has 1 aliphatic heterocycles. The Labute approximate surface area is 207 Å². The number of hydrogen-bond acceptors (Lipinski definition) is 3. The second-order valence-electron chi connectivity index (χ2n) is 8.07. The largest absolute Gasteiger partial charge is 0.351 e. The van der Waals surface area contributed by atoms with Gasteiger partial charge in [0.2, 0.25) is 5.91 Å². The molecule has 0 fully saturated rings. The van der Waals surface area contributed by atoms with E-state index in [2.05, 4.69) is 11.4 Å². The first-order valence-electron chi connectivity index (χ1n) is 10.6. The topological polar surface area (TPSA) is 67.0 Å². The fourth-order valence-electron chi connectivity index (χ4n) is 4.47. The molecule has 3 aromatic carbocycles. The molecule has 0 saturated carbocycles. The number of aromatic nitrogens is 1. The van der Waals surface area contributed by atoms with Crippen molar-refractivity contribution in [2.24, 2.45) is 7.05 Å². The van der Waals surface area contributed by atoms with E-state index >= 15 is 0 Å². The van der Waals surface area contributed by atoms with Crippen molar-refractivity contribution in [3.05, 3.63) is 111 Å². The number of amides is 1. The minimum Gasteiger partial charge on any atom is -0.351 e. The Morgan fingerprint density at radius 2 is 1.56 bits per heavy atom. The standard InChI is InChI=1S/C27H19Cl2N3O2/c1-32-22(15-30)11-13-25(32)17-2-12-24-23(14-17)27(34-16-26(33)31-24,18-3-7-20(28)8-4-18)19-5-9-21(29)10-6-19/h2-14H,16H2,1H3,(H,31,33). The molecule has 1 aromatic heterocycles. The molecule has 1 aliphatic rings. The monoisotopic (exact) mass is 487 g/mol. The van der Waals surface area contributed by atoms with Crippen molar-refractivity contribution < 1.29 is 9.53 Å². The van der Waals surface area contributed by atoms with Crippen LogP contribution in [0.4, 0.5) is 5.69 Å². The van der Waals surface area contributed by atoms with Crippen molar-refractivity contribution in [3.63, 3.8) is 0 Å². The molecular formula is C27H19Cl2N3O2. The maximum absolute atomic E-state index is 12.6. The number of hydrogen-bond donors (Lipinski definition) is 1. The summed E-state index contributed by atoms with van der Waals surface area (Å²) in [4.78, 5) is 12.6. The zero-order valence-corrected chi connectivity index (χ0v) is 19.7. The summed E-state index contributed by atoms with van der Waals surface area (Å²) >= 11 is 12.4. The maximum atomic E-state index is 12.6. The van der Waals surface area contributed by atoms with Gasteiger partial charge >= 0.3 is 0 Å². The van der Waals surface area contributed by atoms with E-state index in [1.807, 2.05) is 60.1 Å². The van der Waals surface area contributed by atoms with E-state index in [-0.39, 0.29) is 12.5 Å². The van der Waals surface area contributed by atoms with Gasteiger partial charge in [-0.15, -0.1) is 0 Å². The Bertz CT molecular complexity index is 1390. The van der Waals surface area contributed by atoms with Gasteiger partial charge < -0.3 is 14.6 Å². The first-order valence-corrected chi connectivity index (χ1v) is 11.3. The van der Waals surface area contributed by atoms with E-state index in [9.17, 15) is 10.1 Å². The molecular weight excluding hydrogens is 469 g/mol. The highest BCUT2D eigenvalue weighted by Crippen LogP contribution is 2.46. The summed E-state index contributed by atoms with van der Waals surface area (Å²) in [6.07, 6.45) is 0. The lowest BCUT2D eigenvalue weighted by molar-refractivity contribution is -0.123. The fourth-order valence-corrected chi connectivity index (χ4v) is 4.72. The number of nitrogens with zero attached hydrogens (tertiary/aromatic N) is 2. The molecule has 0 bridgehead atoms. The average Bonchev–Trinajstić information content (AvgIpc) is 3.14. The predicted octanol–water partition coefficient (Wildman–Crippen LogP) is 6.13. The summed E-state index contributed by atoms with van der Waals surface area (Å²) in [5, 5.41) is 13.6. The molecule has 0 unspecified atom stereocenters. The highest BCUT2D eigenvalue weighted by atomic mass is 35.5. The Morgan fingerprint density at radius 1 is 0.941 bits per heavy atom. The zero-order valence-electron chi connectivity index (χ0n) is 18.2. The summed E-state index contributed by atoms with van der Waals surface area (Å²) in [5.74, 6) is -0.246. The SMILES string of the molecule is Cn1c(C#N)ccc1-c1ccc2c(c1)C(c1ccc(Cl)cc1)(c1ccc(Cl)cc1)OCC(=O)N2. The van der Waals surface area contributed by atoms with Crippen LogP contribution >= 0.6 is 23.2 Å². The number of benzene rings is 3. The number of anilines is 1. The molecule has 0 aliphatic carbocycles. The molecule has 4 aromatic rings. The number of fused-ring (bicyclic) bond motifs is 1. The average molecular weight is 488 g/mol. The zero-order chi connectivity index (χ0) is 23.9. The van der Waals surface area contributed by atoms with Gasteiger partial charge in [0, 0.05) is 34.0 Å². The number of carbonyl (C=O) groups excluding carboxylic acids is 1. The number of nitrogens with one attached hydrogen (secondary N) is 1.